The van der Waals surface area contributed by atoms with Gasteiger partial charge in [0.05, 0.1) is 12.2 Å². The van der Waals surface area contributed by atoms with E-state index in [0.29, 0.717) is 29.7 Å². The molecule has 2 amide bonds. The molecule has 0 spiro atoms. The summed E-state index contributed by atoms with van der Waals surface area (Å²) in [6.45, 7) is 5.64. The number of nitrogens with one attached hydrogen (secondary N) is 1. The first kappa shape index (κ1) is 17.2. The average Bonchev–Trinajstić information content (AvgIpc) is 3.14. The van der Waals surface area contributed by atoms with Gasteiger partial charge in [0.25, 0.3) is 0 Å². The molecule has 9 nitrogen and oxygen atoms in total. The van der Waals surface area contributed by atoms with Gasteiger partial charge in [-0.25, -0.2) is 9.78 Å². The third-order valence-corrected chi connectivity index (χ3v) is 3.73. The molecule has 2 aromatic heterocycles. The fourth-order valence-corrected chi connectivity index (χ4v) is 2.71. The van der Waals surface area contributed by atoms with E-state index in [1.807, 2.05) is 13.8 Å². The maximum atomic E-state index is 12.7. The molecule has 3 heterocycles. The van der Waals surface area contributed by atoms with E-state index in [4.69, 9.17) is 9.26 Å². The Labute approximate surface area is 145 Å². The Bertz CT molecular complexity index is 748. The van der Waals surface area contributed by atoms with Gasteiger partial charge in [-0.2, -0.15) is 4.98 Å². The zero-order valence-electron chi connectivity index (χ0n) is 14.3. The number of hydrogen-bond donors (Lipinski definition) is 2. The second-order valence-electron chi connectivity index (χ2n) is 6.19. The predicted molar refractivity (Wildman–Crippen MR) is 88.1 cm³/mol. The lowest BCUT2D eigenvalue weighted by molar-refractivity contribution is 0.174. The molecule has 0 aliphatic carbocycles. The molecule has 1 aliphatic rings. The van der Waals surface area contributed by atoms with E-state index in [9.17, 15) is 9.90 Å². The van der Waals surface area contributed by atoms with E-state index in [2.05, 4.69) is 20.4 Å². The Hall–Kier alpha value is -2.68. The predicted octanol–water partition coefficient (Wildman–Crippen LogP) is 1.90. The van der Waals surface area contributed by atoms with Crippen molar-refractivity contribution in [2.24, 2.45) is 0 Å². The number of hydrogen-bond acceptors (Lipinski definition) is 7. The molecule has 0 aromatic carbocycles. The quantitative estimate of drug-likeness (QED) is 0.868. The molecule has 9 heteroatoms. The second-order valence-corrected chi connectivity index (χ2v) is 6.19. The molecular formula is C16H21N5O4. The number of urea groups is 1. The zero-order chi connectivity index (χ0) is 18.0. The minimum absolute atomic E-state index is 0.0757. The van der Waals surface area contributed by atoms with Gasteiger partial charge in [-0.05, 0) is 32.9 Å². The monoisotopic (exact) mass is 347 g/mol. The topological polar surface area (TPSA) is 114 Å². The highest BCUT2D eigenvalue weighted by Gasteiger charge is 2.39. The molecule has 1 fully saturated rings. The van der Waals surface area contributed by atoms with Crippen molar-refractivity contribution >= 4 is 11.7 Å². The maximum absolute atomic E-state index is 12.7. The Balaban J connectivity index is 1.78. The van der Waals surface area contributed by atoms with Crippen LogP contribution >= 0.6 is 0 Å². The number of aliphatic hydroxyl groups is 1. The molecule has 3 rings (SSSR count). The number of aryl methyl sites for hydroxylation is 1. The molecule has 2 aromatic rings. The summed E-state index contributed by atoms with van der Waals surface area (Å²) in [6, 6.07) is 2.56. The lowest BCUT2D eigenvalue weighted by Crippen LogP contribution is -2.35. The number of amides is 2. The number of nitrogens with zero attached hydrogens (tertiary/aromatic N) is 4. The number of aliphatic hydroxyl groups excluding tert-OH is 1. The van der Waals surface area contributed by atoms with Crippen LogP contribution in [0.1, 0.15) is 38.0 Å². The Morgan fingerprint density at radius 1 is 1.52 bits per heavy atom. The number of rotatable bonds is 4. The van der Waals surface area contributed by atoms with Crippen LogP contribution in [0.3, 0.4) is 0 Å². The first-order valence-electron chi connectivity index (χ1n) is 8.11. The van der Waals surface area contributed by atoms with Crippen molar-refractivity contribution in [3.63, 3.8) is 0 Å². The first-order chi connectivity index (χ1) is 11.9. The summed E-state index contributed by atoms with van der Waals surface area (Å²) in [5.41, 5.74) is 0.461. The van der Waals surface area contributed by atoms with Crippen molar-refractivity contribution in [3.8, 4) is 5.88 Å². The summed E-state index contributed by atoms with van der Waals surface area (Å²) >= 11 is 0. The molecule has 1 aliphatic heterocycles. The summed E-state index contributed by atoms with van der Waals surface area (Å²) in [6.07, 6.45) is 1.21. The van der Waals surface area contributed by atoms with Gasteiger partial charge in [-0.3, -0.25) is 0 Å². The third-order valence-electron chi connectivity index (χ3n) is 3.73. The van der Waals surface area contributed by atoms with Crippen molar-refractivity contribution in [3.05, 3.63) is 30.0 Å². The molecule has 2 atom stereocenters. The lowest BCUT2D eigenvalue weighted by atomic mass is 10.2. The normalized spacial score (nSPS) is 20.1. The number of likely N-dealkylation sites (tertiary alicyclic amines) is 1. The summed E-state index contributed by atoms with van der Waals surface area (Å²) in [5.74, 6) is 1.14. The summed E-state index contributed by atoms with van der Waals surface area (Å²) in [7, 11) is 0. The fraction of sp³-hybridized carbons (Fsp3) is 0.500. The molecule has 25 heavy (non-hydrogen) atoms. The Morgan fingerprint density at radius 2 is 2.32 bits per heavy atom. The number of anilines is 1. The van der Waals surface area contributed by atoms with Crippen LogP contribution in [0.4, 0.5) is 10.5 Å². The van der Waals surface area contributed by atoms with Crippen molar-refractivity contribution in [2.75, 3.05) is 11.9 Å². The molecule has 0 unspecified atom stereocenters. The molecule has 1 saturated heterocycles. The van der Waals surface area contributed by atoms with Crippen molar-refractivity contribution in [2.45, 2.75) is 45.4 Å². The summed E-state index contributed by atoms with van der Waals surface area (Å²) < 4.78 is 10.8. The van der Waals surface area contributed by atoms with Crippen LogP contribution in [0.15, 0.2) is 22.9 Å². The van der Waals surface area contributed by atoms with Crippen LogP contribution in [0.5, 0.6) is 5.88 Å². The second kappa shape index (κ2) is 7.06. The first-order valence-corrected chi connectivity index (χ1v) is 8.11. The highest BCUT2D eigenvalue weighted by atomic mass is 16.5. The van der Waals surface area contributed by atoms with Crippen LogP contribution in [0.25, 0.3) is 0 Å². The van der Waals surface area contributed by atoms with Crippen LogP contribution in [0, 0.1) is 6.92 Å². The molecular weight excluding hydrogens is 326 g/mol. The van der Waals surface area contributed by atoms with Gasteiger partial charge in [0.15, 0.2) is 5.82 Å². The highest BCUT2D eigenvalue weighted by Crippen LogP contribution is 2.32. The number of carbonyl (C=O) groups is 1. The van der Waals surface area contributed by atoms with Crippen molar-refractivity contribution < 1.29 is 19.2 Å². The lowest BCUT2D eigenvalue weighted by Gasteiger charge is -2.22. The summed E-state index contributed by atoms with van der Waals surface area (Å²) in [4.78, 5) is 22.5. The average molecular weight is 347 g/mol. The van der Waals surface area contributed by atoms with Gasteiger partial charge in [-0.1, -0.05) is 5.16 Å². The van der Waals surface area contributed by atoms with Crippen molar-refractivity contribution in [1.29, 1.82) is 0 Å². The van der Waals surface area contributed by atoms with Gasteiger partial charge in [0, 0.05) is 19.2 Å². The third kappa shape index (κ3) is 3.87. The van der Waals surface area contributed by atoms with Gasteiger partial charge in [0.1, 0.15) is 11.7 Å². The van der Waals surface area contributed by atoms with E-state index < -0.39 is 12.1 Å². The number of ether oxygens (including phenoxy) is 1. The van der Waals surface area contributed by atoms with E-state index >= 15 is 0 Å². The van der Waals surface area contributed by atoms with Gasteiger partial charge in [-0.15, -0.1) is 0 Å². The largest absolute Gasteiger partial charge is 0.473 e. The van der Waals surface area contributed by atoms with Crippen LogP contribution < -0.4 is 10.1 Å². The minimum atomic E-state index is -0.650. The molecule has 0 bridgehead atoms. The number of β-amino-alcohol motifs (C(OH)–C–C–N with tert-alkyl or cyclic N) is 1. The Morgan fingerprint density at radius 3 is 3.00 bits per heavy atom. The molecule has 134 valence electrons. The molecule has 0 saturated carbocycles. The number of pyridine rings is 1. The molecule has 2 N–H and O–H groups in total. The number of carbonyl (C=O) groups excluding carboxylic acids is 1. The smallest absolute Gasteiger partial charge is 0.322 e. The Kier molecular flexibility index (Phi) is 4.84. The van der Waals surface area contributed by atoms with Crippen LogP contribution in [-0.2, 0) is 0 Å². The van der Waals surface area contributed by atoms with E-state index in [-0.39, 0.29) is 18.7 Å². The fourth-order valence-electron chi connectivity index (χ4n) is 2.71. The van der Waals surface area contributed by atoms with E-state index in [1.54, 1.807) is 25.3 Å². The van der Waals surface area contributed by atoms with E-state index in [1.165, 1.54) is 4.90 Å². The van der Waals surface area contributed by atoms with Crippen LogP contribution in [0.2, 0.25) is 0 Å². The molecule has 0 radical (unpaired) electrons. The minimum Gasteiger partial charge on any atom is -0.473 e. The van der Waals surface area contributed by atoms with Gasteiger partial charge < -0.3 is 24.6 Å². The van der Waals surface area contributed by atoms with Gasteiger partial charge >= 0.3 is 6.03 Å². The summed E-state index contributed by atoms with van der Waals surface area (Å²) in [5, 5.41) is 16.5. The maximum Gasteiger partial charge on any atom is 0.322 e. The van der Waals surface area contributed by atoms with Gasteiger partial charge in [0.2, 0.25) is 11.8 Å². The SMILES string of the molecule is Cc1noc([C@H]2C[C@@H](O)CN2C(=O)Nc2cccnc2OC(C)C)n1. The van der Waals surface area contributed by atoms with Crippen molar-refractivity contribution in [1.82, 2.24) is 20.0 Å². The van der Waals surface area contributed by atoms with Crippen LogP contribution in [-0.4, -0.2) is 49.9 Å². The highest BCUT2D eigenvalue weighted by molar-refractivity contribution is 5.91. The zero-order valence-corrected chi connectivity index (χ0v) is 14.3. The standard InChI is InChI=1S/C16H21N5O4/c1-9(2)24-14-12(5-4-6-17-14)19-16(23)21-8-11(22)7-13(21)15-18-10(3)20-25-15/h4-6,9,11,13,22H,7-8H2,1-3H3,(H,19,23)/t11-,13-/m1/s1. The number of aromatic nitrogens is 3. The van der Waals surface area contributed by atoms with E-state index in [0.717, 1.165) is 0 Å².